The minimum absolute atomic E-state index is 0.592. The van der Waals surface area contributed by atoms with Gasteiger partial charge < -0.3 is 4.74 Å². The Bertz CT molecular complexity index is 1300. The number of aromatic amines is 1. The summed E-state index contributed by atoms with van der Waals surface area (Å²) in [6.07, 6.45) is 1.71. The van der Waals surface area contributed by atoms with Crippen LogP contribution in [0.15, 0.2) is 36.7 Å². The third kappa shape index (κ3) is 2.48. The van der Waals surface area contributed by atoms with Crippen molar-refractivity contribution in [1.29, 1.82) is 0 Å². The van der Waals surface area contributed by atoms with Gasteiger partial charge in [-0.25, -0.2) is 14.5 Å². The van der Waals surface area contributed by atoms with Crippen LogP contribution in [0.2, 0.25) is 0 Å². The Balaban J connectivity index is 1.62. The van der Waals surface area contributed by atoms with Crippen molar-refractivity contribution >= 4 is 27.2 Å². The van der Waals surface area contributed by atoms with Crippen molar-refractivity contribution in [1.82, 2.24) is 29.8 Å². The summed E-state index contributed by atoms with van der Waals surface area (Å²) in [6.45, 7) is 4.20. The first kappa shape index (κ1) is 16.0. The molecule has 7 nitrogen and oxygen atoms in total. The van der Waals surface area contributed by atoms with Crippen LogP contribution in [0, 0.1) is 13.8 Å². The molecular formula is C19H16N6OS. The Labute approximate surface area is 158 Å². The number of rotatable bonds is 3. The molecule has 1 aromatic carbocycles. The van der Waals surface area contributed by atoms with Crippen molar-refractivity contribution in [2.75, 3.05) is 7.11 Å². The van der Waals surface area contributed by atoms with Crippen molar-refractivity contribution in [3.8, 4) is 28.5 Å². The van der Waals surface area contributed by atoms with Crippen molar-refractivity contribution in [2.24, 2.45) is 0 Å². The fraction of sp³-hybridized carbons (Fsp3) is 0.158. The zero-order chi connectivity index (χ0) is 18.5. The van der Waals surface area contributed by atoms with E-state index in [2.05, 4.69) is 34.1 Å². The summed E-state index contributed by atoms with van der Waals surface area (Å²) in [5.41, 5.74) is 4.56. The van der Waals surface area contributed by atoms with Crippen LogP contribution in [-0.4, -0.2) is 36.9 Å². The van der Waals surface area contributed by atoms with Gasteiger partial charge in [-0.15, -0.1) is 16.4 Å². The molecule has 1 N–H and O–H groups in total. The molecule has 0 saturated heterocycles. The van der Waals surface area contributed by atoms with Gasteiger partial charge in [-0.05, 0) is 37.6 Å². The molecule has 8 heteroatoms. The second-order valence-electron chi connectivity index (χ2n) is 6.31. The Kier molecular flexibility index (Phi) is 3.48. The number of nitrogens with one attached hydrogen (secondary N) is 1. The lowest BCUT2D eigenvalue weighted by atomic mass is 10.1. The van der Waals surface area contributed by atoms with Gasteiger partial charge in [0.15, 0.2) is 11.5 Å². The summed E-state index contributed by atoms with van der Waals surface area (Å²) in [5, 5.41) is 13.1. The molecule has 0 bridgehead atoms. The molecular weight excluding hydrogens is 360 g/mol. The number of methoxy groups -OCH3 is 1. The quantitative estimate of drug-likeness (QED) is 0.514. The zero-order valence-corrected chi connectivity index (χ0v) is 15.8. The summed E-state index contributed by atoms with van der Waals surface area (Å²) in [5.74, 6) is 1.38. The van der Waals surface area contributed by atoms with E-state index >= 15 is 0 Å². The van der Waals surface area contributed by atoms with Gasteiger partial charge in [-0.2, -0.15) is 5.10 Å². The van der Waals surface area contributed by atoms with Crippen LogP contribution < -0.4 is 4.74 Å². The maximum atomic E-state index is 5.29. The van der Waals surface area contributed by atoms with Gasteiger partial charge in [-0.1, -0.05) is 12.1 Å². The summed E-state index contributed by atoms with van der Waals surface area (Å²) in [7, 11) is 1.65. The molecule has 5 aromatic rings. The third-order valence-electron chi connectivity index (χ3n) is 4.69. The summed E-state index contributed by atoms with van der Waals surface area (Å²) in [4.78, 5) is 11.5. The Morgan fingerprint density at radius 3 is 2.93 bits per heavy atom. The van der Waals surface area contributed by atoms with Crippen LogP contribution in [-0.2, 0) is 0 Å². The van der Waals surface area contributed by atoms with E-state index in [0.717, 1.165) is 38.6 Å². The smallest absolute Gasteiger partial charge is 0.200 e. The molecule has 0 unspecified atom stereocenters. The molecule has 0 aliphatic rings. The van der Waals surface area contributed by atoms with Gasteiger partial charge in [0.1, 0.15) is 22.6 Å². The predicted molar refractivity (Wildman–Crippen MR) is 105 cm³/mol. The highest BCUT2D eigenvalue weighted by Crippen LogP contribution is 2.32. The average Bonchev–Trinajstić information content (AvgIpc) is 3.39. The number of nitrogens with zero attached hydrogens (tertiary/aromatic N) is 5. The molecule has 0 fully saturated rings. The van der Waals surface area contributed by atoms with Gasteiger partial charge in [0.05, 0.1) is 18.2 Å². The number of fused-ring (bicyclic) bond motifs is 3. The van der Waals surface area contributed by atoms with E-state index in [-0.39, 0.29) is 0 Å². The molecule has 0 aliphatic heterocycles. The van der Waals surface area contributed by atoms with Crippen LogP contribution in [0.4, 0.5) is 0 Å². The normalized spacial score (nSPS) is 11.5. The topological polar surface area (TPSA) is 81.0 Å². The number of H-pyrrole nitrogens is 1. The fourth-order valence-corrected chi connectivity index (χ4v) is 4.12. The summed E-state index contributed by atoms with van der Waals surface area (Å²) < 4.78 is 7.01. The lowest BCUT2D eigenvalue weighted by molar-refractivity contribution is 0.415. The fourth-order valence-electron chi connectivity index (χ4n) is 3.13. The maximum absolute atomic E-state index is 5.29. The lowest BCUT2D eigenvalue weighted by Crippen LogP contribution is -1.90. The first-order valence-corrected chi connectivity index (χ1v) is 9.27. The molecule has 0 amide bonds. The van der Waals surface area contributed by atoms with Crippen molar-refractivity contribution in [2.45, 2.75) is 13.8 Å². The molecule has 4 heterocycles. The first-order valence-electron chi connectivity index (χ1n) is 8.45. The van der Waals surface area contributed by atoms with E-state index < -0.39 is 0 Å². The zero-order valence-electron chi connectivity index (χ0n) is 15.0. The van der Waals surface area contributed by atoms with Gasteiger partial charge in [-0.3, -0.25) is 5.10 Å². The van der Waals surface area contributed by atoms with E-state index in [1.54, 1.807) is 29.3 Å². The molecule has 134 valence electrons. The molecule has 0 spiro atoms. The van der Waals surface area contributed by atoms with Gasteiger partial charge in [0.25, 0.3) is 0 Å². The van der Waals surface area contributed by atoms with Gasteiger partial charge >= 0.3 is 0 Å². The number of hydrogen-bond acceptors (Lipinski definition) is 6. The molecule has 27 heavy (non-hydrogen) atoms. The van der Waals surface area contributed by atoms with E-state index in [1.807, 2.05) is 30.3 Å². The van der Waals surface area contributed by atoms with Crippen LogP contribution in [0.5, 0.6) is 5.75 Å². The molecule has 0 radical (unpaired) electrons. The second kappa shape index (κ2) is 5.88. The number of benzene rings is 1. The molecule has 0 aliphatic carbocycles. The highest BCUT2D eigenvalue weighted by molar-refractivity contribution is 7.18. The molecule has 0 atom stereocenters. The predicted octanol–water partition coefficient (Wildman–Crippen LogP) is 4.02. The van der Waals surface area contributed by atoms with Gasteiger partial charge in [0, 0.05) is 10.4 Å². The van der Waals surface area contributed by atoms with E-state index in [1.165, 1.54) is 10.4 Å². The number of hydrogen-bond donors (Lipinski definition) is 1. The number of thiophene rings is 1. The highest BCUT2D eigenvalue weighted by Gasteiger charge is 2.16. The Morgan fingerprint density at radius 2 is 2.07 bits per heavy atom. The Morgan fingerprint density at radius 1 is 1.19 bits per heavy atom. The van der Waals surface area contributed by atoms with Crippen LogP contribution in [0.3, 0.4) is 0 Å². The van der Waals surface area contributed by atoms with Crippen LogP contribution >= 0.6 is 11.3 Å². The van der Waals surface area contributed by atoms with Crippen molar-refractivity contribution in [3.05, 3.63) is 47.1 Å². The van der Waals surface area contributed by atoms with E-state index in [9.17, 15) is 0 Å². The highest BCUT2D eigenvalue weighted by atomic mass is 32.1. The number of aromatic nitrogens is 6. The molecule has 0 saturated carbocycles. The monoisotopic (exact) mass is 376 g/mol. The SMILES string of the molecule is COc1cccc(-c2cc(-c3nc4c5c(C)c(C)sc5ncn4n3)[nH]n2)c1. The van der Waals surface area contributed by atoms with Crippen LogP contribution in [0.25, 0.3) is 38.6 Å². The largest absolute Gasteiger partial charge is 0.497 e. The average molecular weight is 376 g/mol. The first-order chi connectivity index (χ1) is 13.1. The molecule has 4 aromatic heterocycles. The van der Waals surface area contributed by atoms with Crippen molar-refractivity contribution in [3.63, 3.8) is 0 Å². The van der Waals surface area contributed by atoms with Crippen LogP contribution in [0.1, 0.15) is 10.4 Å². The third-order valence-corrected chi connectivity index (χ3v) is 5.81. The lowest BCUT2D eigenvalue weighted by Gasteiger charge is -2.00. The minimum Gasteiger partial charge on any atom is -0.497 e. The summed E-state index contributed by atoms with van der Waals surface area (Å²) in [6, 6.07) is 9.73. The van der Waals surface area contributed by atoms with Gasteiger partial charge in [0.2, 0.25) is 0 Å². The van der Waals surface area contributed by atoms with E-state index in [0.29, 0.717) is 5.82 Å². The molecule has 5 rings (SSSR count). The number of aryl methyl sites for hydroxylation is 2. The Hall–Kier alpha value is -3.26. The van der Waals surface area contributed by atoms with Crippen molar-refractivity contribution < 1.29 is 4.74 Å². The summed E-state index contributed by atoms with van der Waals surface area (Å²) >= 11 is 1.68. The van der Waals surface area contributed by atoms with E-state index in [4.69, 9.17) is 9.72 Å². The maximum Gasteiger partial charge on any atom is 0.200 e. The standard InChI is InChI=1S/C19H16N6OS/c1-10-11(2)27-19-16(10)18-21-17(24-25(18)9-20-19)15-8-14(22-23-15)12-5-4-6-13(7-12)26-3/h4-9H,1-3H3,(H,22,23). The number of ether oxygens (including phenoxy) is 1. The minimum atomic E-state index is 0.592. The second-order valence-corrected chi connectivity index (χ2v) is 7.51.